The van der Waals surface area contributed by atoms with Crippen molar-refractivity contribution < 1.29 is 27.2 Å². The van der Waals surface area contributed by atoms with Crippen molar-refractivity contribution in [2.24, 2.45) is 5.92 Å². The zero-order valence-corrected chi connectivity index (χ0v) is 16.7. The molecule has 31 heavy (non-hydrogen) atoms. The van der Waals surface area contributed by atoms with Crippen LogP contribution in [0.2, 0.25) is 0 Å². The zero-order valence-electron chi connectivity index (χ0n) is 16.7. The number of carbonyl (C=O) groups is 2. The minimum atomic E-state index is -4.77. The molecule has 2 aromatic rings. The first-order chi connectivity index (χ1) is 14.7. The monoisotopic (exact) mass is 434 g/mol. The van der Waals surface area contributed by atoms with Gasteiger partial charge in [-0.3, -0.25) is 9.59 Å². The summed E-state index contributed by atoms with van der Waals surface area (Å²) in [6.45, 7) is 0. The van der Waals surface area contributed by atoms with E-state index in [9.17, 15) is 27.2 Å². The Morgan fingerprint density at radius 2 is 1.84 bits per heavy atom. The highest BCUT2D eigenvalue weighted by atomic mass is 19.4. The molecule has 1 fully saturated rings. The fourth-order valence-electron chi connectivity index (χ4n) is 4.57. The summed E-state index contributed by atoms with van der Waals surface area (Å²) >= 11 is 0. The summed E-state index contributed by atoms with van der Waals surface area (Å²) < 4.78 is 52.7. The maximum absolute atomic E-state index is 13.7. The van der Waals surface area contributed by atoms with E-state index < -0.39 is 29.0 Å². The zero-order chi connectivity index (χ0) is 22.2. The third-order valence-electron chi connectivity index (χ3n) is 6.03. The molecular formula is C23H22F4N2O2. The van der Waals surface area contributed by atoms with Gasteiger partial charge in [0.15, 0.2) is 0 Å². The molecule has 4 nitrogen and oxygen atoms in total. The normalized spacial score (nSPS) is 19.1. The Morgan fingerprint density at radius 3 is 2.55 bits per heavy atom. The van der Waals surface area contributed by atoms with Gasteiger partial charge in [-0.15, -0.1) is 0 Å². The van der Waals surface area contributed by atoms with E-state index in [2.05, 4.69) is 10.6 Å². The maximum Gasteiger partial charge on any atom is 0.416 e. The number of anilines is 1. The number of hydrogen-bond acceptors (Lipinski definition) is 2. The van der Waals surface area contributed by atoms with Gasteiger partial charge in [-0.1, -0.05) is 38.2 Å². The van der Waals surface area contributed by atoms with Gasteiger partial charge in [-0.05, 0) is 42.7 Å². The molecule has 8 heteroatoms. The summed E-state index contributed by atoms with van der Waals surface area (Å²) in [5.41, 5.74) is -0.249. The topological polar surface area (TPSA) is 58.2 Å². The Hall–Kier alpha value is -2.90. The van der Waals surface area contributed by atoms with Crippen molar-refractivity contribution in [1.82, 2.24) is 5.32 Å². The Kier molecular flexibility index (Phi) is 5.73. The summed E-state index contributed by atoms with van der Waals surface area (Å²) in [4.78, 5) is 25.1. The number of amides is 2. The van der Waals surface area contributed by atoms with Crippen LogP contribution in [0.3, 0.4) is 0 Å². The van der Waals surface area contributed by atoms with Gasteiger partial charge in [0, 0.05) is 22.4 Å². The molecule has 0 spiro atoms. The van der Waals surface area contributed by atoms with Gasteiger partial charge in [0.05, 0.1) is 11.6 Å². The van der Waals surface area contributed by atoms with E-state index in [-0.39, 0.29) is 11.9 Å². The standard InChI is InChI=1S/C23H22F4N2O2/c24-16-11-14(10-15(12-16)23(25,26)27)21(30)28-18-8-4-7-17-20(18)19(29-22(17)31)9-13-5-2-1-3-6-13/h4,7-8,10-13,19H,1-3,5-6,9H2,(H,28,30)(H,29,31)/t19-/m0/s1. The second kappa shape index (κ2) is 8.32. The van der Waals surface area contributed by atoms with Gasteiger partial charge in [0.2, 0.25) is 0 Å². The predicted molar refractivity (Wildman–Crippen MR) is 107 cm³/mol. The van der Waals surface area contributed by atoms with E-state index in [1.807, 2.05) is 0 Å². The van der Waals surface area contributed by atoms with Crippen LogP contribution in [0, 0.1) is 11.7 Å². The van der Waals surface area contributed by atoms with Gasteiger partial charge in [-0.2, -0.15) is 13.2 Å². The molecule has 1 atom stereocenters. The molecule has 2 amide bonds. The number of rotatable bonds is 4. The van der Waals surface area contributed by atoms with Gasteiger partial charge in [0.1, 0.15) is 5.82 Å². The highest BCUT2D eigenvalue weighted by Gasteiger charge is 2.34. The molecule has 2 aromatic carbocycles. The van der Waals surface area contributed by atoms with E-state index >= 15 is 0 Å². The summed E-state index contributed by atoms with van der Waals surface area (Å²) in [7, 11) is 0. The lowest BCUT2D eigenvalue weighted by Crippen LogP contribution is -2.23. The van der Waals surface area contributed by atoms with Crippen LogP contribution in [-0.2, 0) is 6.18 Å². The maximum atomic E-state index is 13.7. The third-order valence-corrected chi connectivity index (χ3v) is 6.03. The number of fused-ring (bicyclic) bond motifs is 1. The third kappa shape index (κ3) is 4.57. The molecule has 2 aliphatic rings. The SMILES string of the molecule is O=C(Nc1cccc2c1[C@H](CC1CCCCC1)NC2=O)c1cc(F)cc(C(F)(F)F)c1. The van der Waals surface area contributed by atoms with Gasteiger partial charge in [0.25, 0.3) is 11.8 Å². The molecule has 2 N–H and O–H groups in total. The first-order valence-electron chi connectivity index (χ1n) is 10.4. The van der Waals surface area contributed by atoms with E-state index in [0.29, 0.717) is 34.9 Å². The van der Waals surface area contributed by atoms with Crippen LogP contribution in [0.15, 0.2) is 36.4 Å². The highest BCUT2D eigenvalue weighted by molar-refractivity contribution is 6.07. The van der Waals surface area contributed by atoms with E-state index in [1.165, 1.54) is 6.42 Å². The fourth-order valence-corrected chi connectivity index (χ4v) is 4.57. The van der Waals surface area contributed by atoms with Crippen molar-refractivity contribution in [3.63, 3.8) is 0 Å². The van der Waals surface area contributed by atoms with Gasteiger partial charge >= 0.3 is 6.18 Å². The van der Waals surface area contributed by atoms with E-state index in [1.54, 1.807) is 18.2 Å². The largest absolute Gasteiger partial charge is 0.416 e. The Bertz CT molecular complexity index is 1010. The molecule has 0 saturated heterocycles. The van der Waals surface area contributed by atoms with E-state index in [4.69, 9.17) is 0 Å². The Morgan fingerprint density at radius 1 is 1.10 bits per heavy atom. The second-order valence-corrected chi connectivity index (χ2v) is 8.21. The quantitative estimate of drug-likeness (QED) is 0.593. The number of benzene rings is 2. The lowest BCUT2D eigenvalue weighted by Gasteiger charge is -2.25. The van der Waals surface area contributed by atoms with Crippen molar-refractivity contribution >= 4 is 17.5 Å². The molecule has 0 aromatic heterocycles. The molecule has 4 rings (SSSR count). The first-order valence-corrected chi connectivity index (χ1v) is 10.4. The van der Waals surface area contributed by atoms with Crippen LogP contribution in [-0.4, -0.2) is 11.8 Å². The molecule has 1 saturated carbocycles. The first kappa shape index (κ1) is 21.3. The molecule has 0 bridgehead atoms. The number of nitrogens with one attached hydrogen (secondary N) is 2. The van der Waals surface area contributed by atoms with Crippen LogP contribution in [0.1, 0.15) is 76.4 Å². The predicted octanol–water partition coefficient (Wildman–Crippen LogP) is 5.85. The lowest BCUT2D eigenvalue weighted by atomic mass is 9.83. The molecule has 164 valence electrons. The fraction of sp³-hybridized carbons (Fsp3) is 0.391. The summed E-state index contributed by atoms with van der Waals surface area (Å²) in [6.07, 6.45) is 1.64. The van der Waals surface area contributed by atoms with Crippen LogP contribution in [0.4, 0.5) is 23.2 Å². The minimum Gasteiger partial charge on any atom is -0.345 e. The van der Waals surface area contributed by atoms with Crippen LogP contribution < -0.4 is 10.6 Å². The van der Waals surface area contributed by atoms with Crippen molar-refractivity contribution in [3.8, 4) is 0 Å². The molecule has 1 aliphatic heterocycles. The average Bonchev–Trinajstić information content (AvgIpc) is 3.04. The number of alkyl halides is 3. The molecule has 1 heterocycles. The summed E-state index contributed by atoms with van der Waals surface area (Å²) in [5.74, 6) is -1.79. The van der Waals surface area contributed by atoms with Crippen molar-refractivity contribution in [2.45, 2.75) is 50.7 Å². The molecule has 0 radical (unpaired) electrons. The molecule has 0 unspecified atom stereocenters. The second-order valence-electron chi connectivity index (χ2n) is 8.21. The van der Waals surface area contributed by atoms with Crippen molar-refractivity contribution in [3.05, 3.63) is 64.5 Å². The average molecular weight is 434 g/mol. The Balaban J connectivity index is 1.61. The van der Waals surface area contributed by atoms with Crippen molar-refractivity contribution in [2.75, 3.05) is 5.32 Å². The smallest absolute Gasteiger partial charge is 0.345 e. The van der Waals surface area contributed by atoms with Crippen LogP contribution in [0.25, 0.3) is 0 Å². The highest BCUT2D eigenvalue weighted by Crippen LogP contribution is 2.39. The van der Waals surface area contributed by atoms with Gasteiger partial charge in [-0.25, -0.2) is 4.39 Å². The minimum absolute atomic E-state index is 0.239. The van der Waals surface area contributed by atoms with Gasteiger partial charge < -0.3 is 10.6 Å². The van der Waals surface area contributed by atoms with Crippen LogP contribution >= 0.6 is 0 Å². The molecular weight excluding hydrogens is 412 g/mol. The van der Waals surface area contributed by atoms with Crippen LogP contribution in [0.5, 0.6) is 0 Å². The number of carbonyl (C=O) groups excluding carboxylic acids is 2. The summed E-state index contributed by atoms with van der Waals surface area (Å²) in [6, 6.07) is 6.31. The van der Waals surface area contributed by atoms with Crippen molar-refractivity contribution in [1.29, 1.82) is 0 Å². The summed E-state index contributed by atoms with van der Waals surface area (Å²) in [5, 5.41) is 5.55. The number of halogens is 4. The van der Waals surface area contributed by atoms with E-state index in [0.717, 1.165) is 38.2 Å². The number of hydrogen-bond donors (Lipinski definition) is 2. The lowest BCUT2D eigenvalue weighted by molar-refractivity contribution is -0.137. The molecule has 1 aliphatic carbocycles. The Labute approximate surface area is 177 Å².